The third kappa shape index (κ3) is 1.93. The first kappa shape index (κ1) is 13.2. The summed E-state index contributed by atoms with van der Waals surface area (Å²) in [4.78, 5) is 1.19. The van der Waals surface area contributed by atoms with Crippen LogP contribution < -0.4 is 5.73 Å². The van der Waals surface area contributed by atoms with Gasteiger partial charge in [-0.25, -0.2) is 0 Å². The molecule has 0 aliphatic carbocycles. The van der Waals surface area contributed by atoms with Crippen molar-refractivity contribution in [3.05, 3.63) is 65.2 Å². The molecule has 0 spiro atoms. The van der Waals surface area contributed by atoms with E-state index in [9.17, 15) is 5.26 Å². The van der Waals surface area contributed by atoms with Crippen LogP contribution in [0.1, 0.15) is 23.1 Å². The van der Waals surface area contributed by atoms with Gasteiger partial charge in [-0.3, -0.25) is 0 Å². The average molecular weight is 280 g/mol. The van der Waals surface area contributed by atoms with Crippen molar-refractivity contribution in [2.45, 2.75) is 22.5 Å². The molecular formula is C17H16N2S. The monoisotopic (exact) mass is 280 g/mol. The summed E-state index contributed by atoms with van der Waals surface area (Å²) in [6.45, 7) is 0.501. The van der Waals surface area contributed by atoms with E-state index in [0.717, 1.165) is 16.9 Å². The van der Waals surface area contributed by atoms with E-state index in [0.29, 0.717) is 13.0 Å². The van der Waals surface area contributed by atoms with Gasteiger partial charge in [0.2, 0.25) is 0 Å². The fraction of sp³-hybridized carbons (Fsp3) is 0.235. The number of nitrogens with two attached hydrogens (primary N) is 1. The van der Waals surface area contributed by atoms with Crippen molar-refractivity contribution in [1.29, 1.82) is 5.26 Å². The minimum atomic E-state index is -0.620. The molecule has 20 heavy (non-hydrogen) atoms. The summed E-state index contributed by atoms with van der Waals surface area (Å²) in [6.07, 6.45) is 0.651. The predicted octanol–water partition coefficient (Wildman–Crippen LogP) is 3.45. The first-order valence-corrected chi connectivity index (χ1v) is 7.72. The summed E-state index contributed by atoms with van der Waals surface area (Å²) < 4.78 is 0. The lowest BCUT2D eigenvalue weighted by atomic mass is 9.72. The van der Waals surface area contributed by atoms with Gasteiger partial charge in [0, 0.05) is 10.6 Å². The zero-order valence-electron chi connectivity index (χ0n) is 11.2. The number of hydrogen-bond donors (Lipinski definition) is 1. The van der Waals surface area contributed by atoms with Crippen molar-refractivity contribution in [3.8, 4) is 6.07 Å². The lowest BCUT2D eigenvalue weighted by molar-refractivity contribution is 0.590. The van der Waals surface area contributed by atoms with Gasteiger partial charge < -0.3 is 5.73 Å². The highest BCUT2D eigenvalue weighted by Crippen LogP contribution is 2.45. The second kappa shape index (κ2) is 5.32. The Kier molecular flexibility index (Phi) is 3.52. The number of fused-ring (bicyclic) bond motifs is 2. The van der Waals surface area contributed by atoms with E-state index in [4.69, 9.17) is 5.73 Å². The van der Waals surface area contributed by atoms with Crippen molar-refractivity contribution >= 4 is 11.8 Å². The quantitative estimate of drug-likeness (QED) is 0.916. The standard InChI is InChI=1S/C17H16N2S/c18-10-9-17(12-19)14-6-2-1-5-13(14)11-20-16-8-4-3-7-15(16)17/h1-8H,9-11,18H2. The van der Waals surface area contributed by atoms with E-state index in [2.05, 4.69) is 30.3 Å². The third-order valence-electron chi connectivity index (χ3n) is 3.92. The van der Waals surface area contributed by atoms with Crippen molar-refractivity contribution < 1.29 is 0 Å². The molecule has 1 aliphatic rings. The van der Waals surface area contributed by atoms with Crippen molar-refractivity contribution in [2.24, 2.45) is 5.73 Å². The van der Waals surface area contributed by atoms with E-state index in [1.54, 1.807) is 11.8 Å². The van der Waals surface area contributed by atoms with E-state index in [-0.39, 0.29) is 0 Å². The Balaban J connectivity index is 2.32. The van der Waals surface area contributed by atoms with Crippen LogP contribution in [-0.2, 0) is 11.2 Å². The Morgan fingerprint density at radius 1 is 1.10 bits per heavy atom. The van der Waals surface area contributed by atoms with E-state index in [1.165, 1.54) is 10.5 Å². The van der Waals surface area contributed by atoms with Crippen LogP contribution in [0.4, 0.5) is 0 Å². The van der Waals surface area contributed by atoms with Gasteiger partial charge in [0.15, 0.2) is 0 Å². The van der Waals surface area contributed by atoms with E-state index < -0.39 is 5.41 Å². The molecule has 0 radical (unpaired) electrons. The fourth-order valence-corrected chi connectivity index (χ4v) is 4.11. The molecule has 2 nitrogen and oxygen atoms in total. The molecule has 2 aromatic rings. The van der Waals surface area contributed by atoms with Gasteiger partial charge in [0.05, 0.1) is 6.07 Å². The first-order chi connectivity index (χ1) is 9.81. The maximum absolute atomic E-state index is 9.98. The van der Waals surface area contributed by atoms with Crippen molar-refractivity contribution in [2.75, 3.05) is 6.54 Å². The van der Waals surface area contributed by atoms with E-state index >= 15 is 0 Å². The second-order valence-electron chi connectivity index (χ2n) is 5.00. The Labute approximate surface area is 123 Å². The van der Waals surface area contributed by atoms with Gasteiger partial charge in [-0.1, -0.05) is 42.5 Å². The van der Waals surface area contributed by atoms with Gasteiger partial charge >= 0.3 is 0 Å². The van der Waals surface area contributed by atoms with E-state index in [1.807, 2.05) is 24.3 Å². The third-order valence-corrected chi connectivity index (χ3v) is 5.04. The maximum atomic E-state index is 9.98. The summed E-state index contributed by atoms with van der Waals surface area (Å²) in [5, 5.41) is 9.98. The minimum Gasteiger partial charge on any atom is -0.330 e. The molecule has 1 aliphatic heterocycles. The zero-order chi connectivity index (χ0) is 14.0. The molecule has 0 saturated carbocycles. The largest absolute Gasteiger partial charge is 0.330 e. The minimum absolute atomic E-state index is 0.501. The molecule has 0 amide bonds. The number of nitriles is 1. The Hall–Kier alpha value is -1.76. The molecular weight excluding hydrogens is 264 g/mol. The molecule has 100 valence electrons. The van der Waals surface area contributed by atoms with Gasteiger partial charge in [-0.2, -0.15) is 5.26 Å². The molecule has 2 aromatic carbocycles. The highest BCUT2D eigenvalue weighted by atomic mass is 32.2. The Morgan fingerprint density at radius 3 is 2.55 bits per heavy atom. The van der Waals surface area contributed by atoms with Crippen LogP contribution in [-0.4, -0.2) is 6.54 Å². The van der Waals surface area contributed by atoms with Crippen molar-refractivity contribution in [1.82, 2.24) is 0 Å². The molecule has 0 fully saturated rings. The predicted molar refractivity (Wildman–Crippen MR) is 82.5 cm³/mol. The fourth-order valence-electron chi connectivity index (χ4n) is 2.97. The first-order valence-electron chi connectivity index (χ1n) is 6.74. The molecule has 3 heteroatoms. The molecule has 1 heterocycles. The number of rotatable bonds is 2. The molecule has 1 unspecified atom stereocenters. The summed E-state index contributed by atoms with van der Waals surface area (Å²) in [5.74, 6) is 0.904. The smallest absolute Gasteiger partial charge is 0.110 e. The maximum Gasteiger partial charge on any atom is 0.110 e. The number of thioether (sulfide) groups is 1. The van der Waals surface area contributed by atoms with Crippen LogP contribution in [0.2, 0.25) is 0 Å². The summed E-state index contributed by atoms with van der Waals surface area (Å²) in [5.41, 5.74) is 8.66. The second-order valence-corrected chi connectivity index (χ2v) is 6.01. The molecule has 3 rings (SSSR count). The number of benzene rings is 2. The molecule has 0 aromatic heterocycles. The van der Waals surface area contributed by atoms with Crippen LogP contribution in [0.5, 0.6) is 0 Å². The summed E-state index contributed by atoms with van der Waals surface area (Å²) >= 11 is 1.80. The van der Waals surface area contributed by atoms with Gasteiger partial charge in [-0.15, -0.1) is 11.8 Å². The Bertz CT molecular complexity index is 625. The number of hydrogen-bond acceptors (Lipinski definition) is 3. The SMILES string of the molecule is N#CC1(CCN)c2ccccc2CSc2ccccc21. The highest BCUT2D eigenvalue weighted by Gasteiger charge is 2.38. The van der Waals surface area contributed by atoms with Crippen LogP contribution in [0.3, 0.4) is 0 Å². The molecule has 1 atom stereocenters. The molecule has 0 bridgehead atoms. The lowest BCUT2D eigenvalue weighted by Gasteiger charge is -2.28. The topological polar surface area (TPSA) is 49.8 Å². The van der Waals surface area contributed by atoms with Crippen LogP contribution >= 0.6 is 11.8 Å². The summed E-state index contributed by atoms with van der Waals surface area (Å²) in [7, 11) is 0. The average Bonchev–Trinajstić information content (AvgIpc) is 2.64. The Morgan fingerprint density at radius 2 is 1.80 bits per heavy atom. The highest BCUT2D eigenvalue weighted by molar-refractivity contribution is 7.98. The van der Waals surface area contributed by atoms with Gasteiger partial charge in [-0.05, 0) is 35.7 Å². The number of nitrogens with zero attached hydrogens (tertiary/aromatic N) is 1. The van der Waals surface area contributed by atoms with Gasteiger partial charge in [0.1, 0.15) is 5.41 Å². The van der Waals surface area contributed by atoms with Crippen LogP contribution in [0.15, 0.2) is 53.4 Å². The lowest BCUT2D eigenvalue weighted by Crippen LogP contribution is -2.30. The summed E-state index contributed by atoms with van der Waals surface area (Å²) in [6, 6.07) is 19.1. The van der Waals surface area contributed by atoms with Gasteiger partial charge in [0.25, 0.3) is 0 Å². The molecule has 2 N–H and O–H groups in total. The van der Waals surface area contributed by atoms with Crippen molar-refractivity contribution in [3.63, 3.8) is 0 Å². The zero-order valence-corrected chi connectivity index (χ0v) is 12.0. The normalized spacial score (nSPS) is 20.4. The van der Waals surface area contributed by atoms with Crippen LogP contribution in [0, 0.1) is 11.3 Å². The molecule has 0 saturated heterocycles. The van der Waals surface area contributed by atoms with Crippen LogP contribution in [0.25, 0.3) is 0 Å².